The zero-order chi connectivity index (χ0) is 15.6. The second kappa shape index (κ2) is 5.64. The summed E-state index contributed by atoms with van der Waals surface area (Å²) >= 11 is 5.86. The topological polar surface area (TPSA) is 96.0 Å². The molecular weight excluding hydrogens is 310 g/mol. The summed E-state index contributed by atoms with van der Waals surface area (Å²) in [6.45, 7) is 1.75. The Labute approximate surface area is 128 Å². The maximum Gasteiger partial charge on any atom is 0.261 e. The molecule has 2 rings (SSSR count). The number of aryl methyl sites for hydroxylation is 1. The van der Waals surface area contributed by atoms with Gasteiger partial charge in [0.05, 0.1) is 21.2 Å². The molecule has 0 bridgehead atoms. The van der Waals surface area contributed by atoms with Crippen molar-refractivity contribution < 1.29 is 8.42 Å². The fourth-order valence-electron chi connectivity index (χ4n) is 1.76. The molecule has 0 saturated heterocycles. The third-order valence-corrected chi connectivity index (χ3v) is 4.54. The molecule has 0 radical (unpaired) electrons. The van der Waals surface area contributed by atoms with Crippen LogP contribution in [0, 0.1) is 18.3 Å². The Bertz CT molecular complexity index is 842. The molecule has 2 aromatic carbocycles. The minimum Gasteiger partial charge on any atom is -0.399 e. The zero-order valence-corrected chi connectivity index (χ0v) is 12.7. The van der Waals surface area contributed by atoms with E-state index in [1.165, 1.54) is 18.2 Å². The summed E-state index contributed by atoms with van der Waals surface area (Å²) in [7, 11) is -3.78. The van der Waals surface area contributed by atoms with Gasteiger partial charge in [-0.1, -0.05) is 11.6 Å². The van der Waals surface area contributed by atoms with Gasteiger partial charge in [-0.05, 0) is 48.9 Å². The van der Waals surface area contributed by atoms with Crippen LogP contribution >= 0.6 is 11.6 Å². The Morgan fingerprint density at radius 2 is 1.95 bits per heavy atom. The van der Waals surface area contributed by atoms with E-state index in [1.54, 1.807) is 25.1 Å². The Balaban J connectivity index is 2.39. The van der Waals surface area contributed by atoms with E-state index in [-0.39, 0.29) is 15.5 Å². The van der Waals surface area contributed by atoms with Gasteiger partial charge >= 0.3 is 0 Å². The molecule has 2 aromatic rings. The molecule has 0 aliphatic heterocycles. The van der Waals surface area contributed by atoms with Crippen molar-refractivity contribution in [3.05, 3.63) is 52.5 Å². The summed E-state index contributed by atoms with van der Waals surface area (Å²) in [6, 6.07) is 10.7. The molecule has 0 unspecified atom stereocenters. The number of nitrogens with one attached hydrogen (secondary N) is 1. The lowest BCUT2D eigenvalue weighted by atomic mass is 10.2. The summed E-state index contributed by atoms with van der Waals surface area (Å²) in [5.41, 5.74) is 7.54. The Morgan fingerprint density at radius 3 is 2.52 bits per heavy atom. The van der Waals surface area contributed by atoms with Crippen molar-refractivity contribution in [3.63, 3.8) is 0 Å². The number of sulfonamides is 1. The number of nitrogens with two attached hydrogens (primary N) is 1. The van der Waals surface area contributed by atoms with Crippen LogP contribution in [0.5, 0.6) is 0 Å². The maximum atomic E-state index is 12.3. The van der Waals surface area contributed by atoms with Crippen LogP contribution in [0.4, 0.5) is 11.4 Å². The number of benzene rings is 2. The first-order chi connectivity index (χ1) is 9.83. The van der Waals surface area contributed by atoms with Crippen molar-refractivity contribution in [2.45, 2.75) is 11.8 Å². The smallest absolute Gasteiger partial charge is 0.261 e. The van der Waals surface area contributed by atoms with Crippen molar-refractivity contribution in [2.24, 2.45) is 0 Å². The van der Waals surface area contributed by atoms with Gasteiger partial charge in [-0.15, -0.1) is 0 Å². The number of anilines is 2. The number of nitrogens with zero attached hydrogens (tertiary/aromatic N) is 1. The van der Waals surface area contributed by atoms with Gasteiger partial charge in [0, 0.05) is 5.69 Å². The first kappa shape index (κ1) is 15.2. The van der Waals surface area contributed by atoms with Gasteiger partial charge < -0.3 is 5.73 Å². The van der Waals surface area contributed by atoms with Crippen LogP contribution in [-0.4, -0.2) is 8.42 Å². The minimum absolute atomic E-state index is 0.0114. The van der Waals surface area contributed by atoms with E-state index >= 15 is 0 Å². The molecule has 0 aromatic heterocycles. The van der Waals surface area contributed by atoms with Gasteiger partial charge in [0.25, 0.3) is 10.0 Å². The maximum absolute atomic E-state index is 12.3. The van der Waals surface area contributed by atoms with Crippen molar-refractivity contribution in [2.75, 3.05) is 10.5 Å². The molecule has 0 amide bonds. The van der Waals surface area contributed by atoms with Crippen molar-refractivity contribution in [1.29, 1.82) is 5.26 Å². The molecule has 0 saturated carbocycles. The quantitative estimate of drug-likeness (QED) is 0.849. The van der Waals surface area contributed by atoms with Crippen molar-refractivity contribution >= 4 is 33.0 Å². The lowest BCUT2D eigenvalue weighted by Crippen LogP contribution is -2.14. The van der Waals surface area contributed by atoms with Gasteiger partial charge in [-0.25, -0.2) is 8.42 Å². The number of hydrogen-bond donors (Lipinski definition) is 2. The lowest BCUT2D eigenvalue weighted by molar-refractivity contribution is 0.601. The predicted octanol–water partition coefficient (Wildman–Crippen LogP) is 2.90. The van der Waals surface area contributed by atoms with E-state index in [2.05, 4.69) is 4.72 Å². The zero-order valence-electron chi connectivity index (χ0n) is 11.1. The van der Waals surface area contributed by atoms with Crippen LogP contribution in [0.25, 0.3) is 0 Å². The van der Waals surface area contributed by atoms with E-state index < -0.39 is 10.0 Å². The number of halogens is 1. The molecule has 0 spiro atoms. The summed E-state index contributed by atoms with van der Waals surface area (Å²) < 4.78 is 27.1. The van der Waals surface area contributed by atoms with Gasteiger partial charge in [-0.3, -0.25) is 4.72 Å². The van der Waals surface area contributed by atoms with Gasteiger partial charge in [0.15, 0.2) is 0 Å². The van der Waals surface area contributed by atoms with E-state index in [9.17, 15) is 8.42 Å². The average molecular weight is 322 g/mol. The minimum atomic E-state index is -3.78. The first-order valence-corrected chi connectivity index (χ1v) is 7.78. The summed E-state index contributed by atoms with van der Waals surface area (Å²) in [5.74, 6) is 0. The monoisotopic (exact) mass is 321 g/mol. The number of rotatable bonds is 3. The molecule has 21 heavy (non-hydrogen) atoms. The molecule has 108 valence electrons. The fraction of sp³-hybridized carbons (Fsp3) is 0.0714. The third-order valence-electron chi connectivity index (χ3n) is 2.87. The lowest BCUT2D eigenvalue weighted by Gasteiger charge is -2.11. The highest BCUT2D eigenvalue weighted by Gasteiger charge is 2.16. The van der Waals surface area contributed by atoms with Crippen LogP contribution in [0.1, 0.15) is 11.1 Å². The standard InChI is InChI=1S/C14H12ClN3O2S/c1-9-6-11(17)3-5-14(9)18-21(19,20)12-4-2-10(8-16)13(15)7-12/h2-7,18H,17H2,1H3. The van der Waals surface area contributed by atoms with Gasteiger partial charge in [-0.2, -0.15) is 5.26 Å². The van der Waals surface area contributed by atoms with Crippen LogP contribution < -0.4 is 10.5 Å². The SMILES string of the molecule is Cc1cc(N)ccc1NS(=O)(=O)c1ccc(C#N)c(Cl)c1. The number of nitriles is 1. The first-order valence-electron chi connectivity index (χ1n) is 5.92. The second-order valence-electron chi connectivity index (χ2n) is 4.43. The summed E-state index contributed by atoms with van der Waals surface area (Å²) in [4.78, 5) is -0.0114. The number of hydrogen-bond acceptors (Lipinski definition) is 4. The molecule has 7 heteroatoms. The largest absolute Gasteiger partial charge is 0.399 e. The highest BCUT2D eigenvalue weighted by atomic mass is 35.5. The molecule has 3 N–H and O–H groups in total. The van der Waals surface area contributed by atoms with Crippen LogP contribution in [0.15, 0.2) is 41.3 Å². The Hall–Kier alpha value is -2.23. The summed E-state index contributed by atoms with van der Waals surface area (Å²) in [5, 5.41) is 8.89. The molecule has 0 aliphatic rings. The second-order valence-corrected chi connectivity index (χ2v) is 6.52. The molecule has 0 fully saturated rings. The number of nitrogen functional groups attached to an aromatic ring is 1. The van der Waals surface area contributed by atoms with Crippen molar-refractivity contribution in [1.82, 2.24) is 0 Å². The molecule has 0 aliphatic carbocycles. The van der Waals surface area contributed by atoms with Gasteiger partial charge in [0.1, 0.15) is 6.07 Å². The summed E-state index contributed by atoms with van der Waals surface area (Å²) in [6.07, 6.45) is 0. The van der Waals surface area contributed by atoms with Crippen LogP contribution in [-0.2, 0) is 10.0 Å². The van der Waals surface area contributed by atoms with E-state index in [1.807, 2.05) is 6.07 Å². The van der Waals surface area contributed by atoms with Crippen molar-refractivity contribution in [3.8, 4) is 6.07 Å². The fourth-order valence-corrected chi connectivity index (χ4v) is 3.20. The molecule has 5 nitrogen and oxygen atoms in total. The Morgan fingerprint density at radius 1 is 1.24 bits per heavy atom. The molecule has 0 heterocycles. The van der Waals surface area contributed by atoms with E-state index in [0.717, 1.165) is 0 Å². The van der Waals surface area contributed by atoms with Crippen LogP contribution in [0.3, 0.4) is 0 Å². The predicted molar refractivity (Wildman–Crippen MR) is 82.6 cm³/mol. The highest BCUT2D eigenvalue weighted by Crippen LogP contribution is 2.24. The van der Waals surface area contributed by atoms with E-state index in [0.29, 0.717) is 16.9 Å². The van der Waals surface area contributed by atoms with E-state index in [4.69, 9.17) is 22.6 Å². The normalized spacial score (nSPS) is 10.9. The molecule has 0 atom stereocenters. The van der Waals surface area contributed by atoms with Crippen LogP contribution in [0.2, 0.25) is 5.02 Å². The third kappa shape index (κ3) is 3.27. The van der Waals surface area contributed by atoms with Gasteiger partial charge in [0.2, 0.25) is 0 Å². The molecular formula is C14H12ClN3O2S. The average Bonchev–Trinajstić information content (AvgIpc) is 2.42. The Kier molecular flexibility index (Phi) is 4.07. The highest BCUT2D eigenvalue weighted by molar-refractivity contribution is 7.92.